The van der Waals surface area contributed by atoms with E-state index in [1.54, 1.807) is 17.5 Å². The van der Waals surface area contributed by atoms with Crippen LogP contribution in [-0.4, -0.2) is 52.5 Å². The van der Waals surface area contributed by atoms with Gasteiger partial charge in [0.25, 0.3) is 0 Å². The Balaban J connectivity index is 1.14. The lowest BCUT2D eigenvalue weighted by Crippen LogP contribution is -2.64. The fourth-order valence-corrected chi connectivity index (χ4v) is 5.49. The molecule has 2 atom stereocenters. The van der Waals surface area contributed by atoms with Crippen molar-refractivity contribution in [3.05, 3.63) is 53.2 Å². The van der Waals surface area contributed by atoms with E-state index in [9.17, 15) is 4.79 Å². The number of amides is 1. The van der Waals surface area contributed by atoms with Gasteiger partial charge in [-0.1, -0.05) is 12.1 Å². The molecule has 8 heteroatoms. The Kier molecular flexibility index (Phi) is 5.53. The molecule has 1 N–H and O–H groups in total. The summed E-state index contributed by atoms with van der Waals surface area (Å²) < 4.78 is 1.21. The van der Waals surface area contributed by atoms with Crippen molar-refractivity contribution in [1.29, 1.82) is 5.26 Å². The second-order valence-corrected chi connectivity index (χ2v) is 9.00. The molecule has 2 bridgehead atoms. The third-order valence-electron chi connectivity index (χ3n) is 6.29. The van der Waals surface area contributed by atoms with Crippen LogP contribution in [0.25, 0.3) is 10.2 Å². The van der Waals surface area contributed by atoms with Crippen LogP contribution in [0, 0.1) is 11.3 Å². The summed E-state index contributed by atoms with van der Waals surface area (Å²) in [5.41, 5.74) is 4.71. The van der Waals surface area contributed by atoms with Crippen molar-refractivity contribution in [2.24, 2.45) is 0 Å². The maximum atomic E-state index is 12.9. The molecule has 3 aromatic rings. The summed E-state index contributed by atoms with van der Waals surface area (Å²) in [4.78, 5) is 26.1. The molecular weight excluding hydrogens is 408 g/mol. The van der Waals surface area contributed by atoms with E-state index < -0.39 is 0 Å². The SMILES string of the molecule is N#Cc1ccc(N2CC3CCC2CN3C(=O)CCNCc2cccc3ncsc23)nc1. The molecule has 6 rings (SSSR count). The monoisotopic (exact) mass is 432 g/mol. The molecule has 158 valence electrons. The van der Waals surface area contributed by atoms with E-state index in [-0.39, 0.29) is 11.9 Å². The van der Waals surface area contributed by atoms with Crippen molar-refractivity contribution in [3.8, 4) is 6.07 Å². The molecule has 0 saturated carbocycles. The largest absolute Gasteiger partial charge is 0.350 e. The number of nitrogens with one attached hydrogen (secondary N) is 1. The molecule has 0 spiro atoms. The summed E-state index contributed by atoms with van der Waals surface area (Å²) >= 11 is 1.66. The van der Waals surface area contributed by atoms with Gasteiger partial charge in [-0.3, -0.25) is 4.79 Å². The highest BCUT2D eigenvalue weighted by atomic mass is 32.1. The number of benzene rings is 1. The molecule has 1 amide bonds. The van der Waals surface area contributed by atoms with Crippen LogP contribution in [0.1, 0.15) is 30.4 Å². The fraction of sp³-hybridized carbons (Fsp3) is 0.391. The molecule has 31 heavy (non-hydrogen) atoms. The van der Waals surface area contributed by atoms with Gasteiger partial charge in [0.1, 0.15) is 11.9 Å². The third-order valence-corrected chi connectivity index (χ3v) is 7.21. The van der Waals surface area contributed by atoms with Crippen molar-refractivity contribution < 1.29 is 4.79 Å². The minimum Gasteiger partial charge on any atom is -0.350 e. The van der Waals surface area contributed by atoms with E-state index in [1.165, 1.54) is 10.3 Å². The first-order chi connectivity index (χ1) is 15.2. The molecule has 3 saturated heterocycles. The molecule has 2 unspecified atom stereocenters. The predicted molar refractivity (Wildman–Crippen MR) is 121 cm³/mol. The van der Waals surface area contributed by atoms with Gasteiger partial charge >= 0.3 is 0 Å². The number of thiazole rings is 1. The number of anilines is 1. The summed E-state index contributed by atoms with van der Waals surface area (Å²) in [6.45, 7) is 2.99. The average Bonchev–Trinajstić information content (AvgIpc) is 3.32. The van der Waals surface area contributed by atoms with E-state index in [0.29, 0.717) is 24.6 Å². The molecular formula is C23H24N6OS. The van der Waals surface area contributed by atoms with Crippen LogP contribution in [0.5, 0.6) is 0 Å². The first-order valence-electron chi connectivity index (χ1n) is 10.7. The van der Waals surface area contributed by atoms with Gasteiger partial charge in [0, 0.05) is 50.9 Å². The van der Waals surface area contributed by atoms with E-state index >= 15 is 0 Å². The Labute approximate surface area is 185 Å². The van der Waals surface area contributed by atoms with Crippen LogP contribution >= 0.6 is 11.3 Å². The van der Waals surface area contributed by atoms with Crippen molar-refractivity contribution in [2.75, 3.05) is 24.5 Å². The molecule has 0 radical (unpaired) electrons. The quantitative estimate of drug-likeness (QED) is 0.603. The lowest BCUT2D eigenvalue weighted by atomic mass is 9.90. The fourth-order valence-electron chi connectivity index (χ4n) is 4.68. The smallest absolute Gasteiger partial charge is 0.224 e. The topological polar surface area (TPSA) is 85.2 Å². The number of piperazine rings is 1. The number of nitriles is 1. The second kappa shape index (κ2) is 8.61. The van der Waals surface area contributed by atoms with E-state index in [1.807, 2.05) is 29.8 Å². The van der Waals surface area contributed by atoms with E-state index in [2.05, 4.69) is 37.2 Å². The van der Waals surface area contributed by atoms with Gasteiger partial charge in [-0.2, -0.15) is 5.26 Å². The summed E-state index contributed by atoms with van der Waals surface area (Å²) in [6, 6.07) is 12.5. The predicted octanol–water partition coefficient (Wildman–Crippen LogP) is 2.92. The first-order valence-corrected chi connectivity index (χ1v) is 11.5. The zero-order valence-corrected chi connectivity index (χ0v) is 18.0. The first kappa shape index (κ1) is 19.9. The highest BCUT2D eigenvalue weighted by Gasteiger charge is 2.41. The number of carbonyl (C=O) groups is 1. The van der Waals surface area contributed by atoms with Gasteiger partial charge in [-0.25, -0.2) is 9.97 Å². The molecule has 5 heterocycles. The number of carbonyl (C=O) groups excluding carboxylic acids is 1. The van der Waals surface area contributed by atoms with Gasteiger partial charge in [-0.15, -0.1) is 11.3 Å². The zero-order chi connectivity index (χ0) is 21.2. The minimum atomic E-state index is 0.227. The lowest BCUT2D eigenvalue weighted by molar-refractivity contribution is -0.136. The third kappa shape index (κ3) is 3.99. The minimum absolute atomic E-state index is 0.227. The zero-order valence-electron chi connectivity index (χ0n) is 17.2. The average molecular weight is 433 g/mol. The molecule has 3 aliphatic heterocycles. The van der Waals surface area contributed by atoms with Crippen LogP contribution in [0.4, 0.5) is 5.82 Å². The van der Waals surface area contributed by atoms with Gasteiger partial charge in [-0.05, 0) is 36.6 Å². The number of aromatic nitrogens is 2. The highest BCUT2D eigenvalue weighted by Crippen LogP contribution is 2.32. The number of pyridine rings is 1. The molecule has 0 aliphatic carbocycles. The number of rotatable bonds is 6. The molecule has 3 fully saturated rings. The van der Waals surface area contributed by atoms with Crippen molar-refractivity contribution in [2.45, 2.75) is 37.9 Å². The van der Waals surface area contributed by atoms with Gasteiger partial charge < -0.3 is 15.1 Å². The summed E-state index contributed by atoms with van der Waals surface area (Å²) in [5, 5.41) is 12.4. The Morgan fingerprint density at radius 1 is 1.19 bits per heavy atom. The highest BCUT2D eigenvalue weighted by molar-refractivity contribution is 7.16. The van der Waals surface area contributed by atoms with Crippen molar-refractivity contribution >= 4 is 33.3 Å². The molecule has 1 aromatic carbocycles. The van der Waals surface area contributed by atoms with Crippen LogP contribution in [0.15, 0.2) is 42.0 Å². The molecule has 7 nitrogen and oxygen atoms in total. The van der Waals surface area contributed by atoms with Crippen LogP contribution in [0.3, 0.4) is 0 Å². The van der Waals surface area contributed by atoms with Crippen LogP contribution < -0.4 is 10.2 Å². The van der Waals surface area contributed by atoms with Gasteiger partial charge in [0.05, 0.1) is 21.3 Å². The summed E-state index contributed by atoms with van der Waals surface area (Å²) in [5.74, 6) is 1.13. The van der Waals surface area contributed by atoms with Crippen molar-refractivity contribution in [3.63, 3.8) is 0 Å². The van der Waals surface area contributed by atoms with Crippen molar-refractivity contribution in [1.82, 2.24) is 20.2 Å². The normalized spacial score (nSPS) is 20.2. The second-order valence-electron chi connectivity index (χ2n) is 8.14. The van der Waals surface area contributed by atoms with Gasteiger partial charge in [0.2, 0.25) is 5.91 Å². The Morgan fingerprint density at radius 2 is 2.10 bits per heavy atom. The Hall–Kier alpha value is -3.02. The number of piperidine rings is 2. The Bertz CT molecular complexity index is 1120. The summed E-state index contributed by atoms with van der Waals surface area (Å²) in [7, 11) is 0. The number of nitrogens with zero attached hydrogens (tertiary/aromatic N) is 5. The molecule has 3 aliphatic rings. The van der Waals surface area contributed by atoms with Gasteiger partial charge in [0.15, 0.2) is 0 Å². The number of hydrogen-bond donors (Lipinski definition) is 1. The maximum Gasteiger partial charge on any atom is 0.224 e. The maximum absolute atomic E-state index is 12.9. The molecule has 2 aromatic heterocycles. The summed E-state index contributed by atoms with van der Waals surface area (Å²) in [6.07, 6.45) is 4.26. The number of fused-ring (bicyclic) bond motifs is 4. The lowest BCUT2D eigenvalue weighted by Gasteiger charge is -2.52. The van der Waals surface area contributed by atoms with Crippen LogP contribution in [0.2, 0.25) is 0 Å². The van der Waals surface area contributed by atoms with Crippen LogP contribution in [-0.2, 0) is 11.3 Å². The van der Waals surface area contributed by atoms with E-state index in [4.69, 9.17) is 5.26 Å². The van der Waals surface area contributed by atoms with E-state index in [0.717, 1.165) is 43.8 Å². The Morgan fingerprint density at radius 3 is 2.87 bits per heavy atom. The standard InChI is InChI=1S/C23H24N6OS/c24-10-16-4-7-21(26-11-16)28-13-19-6-5-18(28)14-29(19)22(30)8-9-25-12-17-2-1-3-20-23(17)31-15-27-20/h1-4,7,11,15,18-19,25H,5-6,8-9,12-14H2. The number of hydrogen-bond acceptors (Lipinski definition) is 7.